The van der Waals surface area contributed by atoms with E-state index in [0.29, 0.717) is 6.42 Å². The van der Waals surface area contributed by atoms with Gasteiger partial charge < -0.3 is 0 Å². The molecule has 0 heterocycles. The molecule has 0 spiro atoms. The molecule has 0 aromatic carbocycles. The summed E-state index contributed by atoms with van der Waals surface area (Å²) in [5.74, 6) is -0.191. The fraction of sp³-hybridized carbons (Fsp3) is 1.00. The second kappa shape index (κ2) is 5.61. The molecule has 0 aromatic heterocycles. The highest BCUT2D eigenvalue weighted by atomic mass is 32.2. The van der Waals surface area contributed by atoms with Gasteiger partial charge in [0.1, 0.15) is 0 Å². The van der Waals surface area contributed by atoms with Crippen molar-refractivity contribution in [3.63, 3.8) is 0 Å². The normalized spacial score (nSPS) is 13.0. The molecule has 0 amide bonds. The van der Waals surface area contributed by atoms with E-state index in [2.05, 4.69) is 0 Å². The maximum absolute atomic E-state index is 11.0. The molecule has 0 saturated heterocycles. The third-order valence-electron chi connectivity index (χ3n) is 1.27. The van der Waals surface area contributed by atoms with Gasteiger partial charge in [0.2, 0.25) is 20.0 Å². The highest BCUT2D eigenvalue weighted by molar-refractivity contribution is 7.90. The van der Waals surface area contributed by atoms with Crippen LogP contribution in [0.2, 0.25) is 0 Å². The molecule has 9 heteroatoms. The molecular formula is C5H15N3O4S2. The average molecular weight is 245 g/mol. The van der Waals surface area contributed by atoms with Crippen LogP contribution in [0.5, 0.6) is 0 Å². The molecule has 0 bridgehead atoms. The number of hydrogen-bond acceptors (Lipinski definition) is 5. The van der Waals surface area contributed by atoms with Crippen molar-refractivity contribution in [1.82, 2.24) is 15.2 Å². The van der Waals surface area contributed by atoms with Gasteiger partial charge in [-0.15, -0.1) is 9.66 Å². The largest absolute Gasteiger partial charge is 0.225 e. The third kappa shape index (κ3) is 6.27. The van der Waals surface area contributed by atoms with Crippen molar-refractivity contribution in [1.29, 1.82) is 0 Å². The Morgan fingerprint density at radius 3 is 1.86 bits per heavy atom. The summed E-state index contributed by atoms with van der Waals surface area (Å²) in [6.45, 7) is 3.14. The summed E-state index contributed by atoms with van der Waals surface area (Å²) in [6.07, 6.45) is 0.456. The van der Waals surface area contributed by atoms with Crippen LogP contribution in [0.4, 0.5) is 0 Å². The molecule has 0 fully saturated rings. The zero-order chi connectivity index (χ0) is 11.2. The fourth-order valence-electron chi connectivity index (χ4n) is 0.568. The quantitative estimate of drug-likeness (QED) is 0.482. The lowest BCUT2D eigenvalue weighted by atomic mass is 10.6. The van der Waals surface area contributed by atoms with E-state index in [9.17, 15) is 16.8 Å². The Balaban J connectivity index is 3.98. The molecule has 3 N–H and O–H groups in total. The maximum atomic E-state index is 11.0. The summed E-state index contributed by atoms with van der Waals surface area (Å²) in [5, 5.41) is 0. The molecule has 86 valence electrons. The molecule has 0 rings (SSSR count). The highest BCUT2D eigenvalue weighted by Crippen LogP contribution is 1.85. The van der Waals surface area contributed by atoms with Crippen molar-refractivity contribution in [2.75, 3.05) is 11.5 Å². The van der Waals surface area contributed by atoms with Crippen molar-refractivity contribution in [2.24, 2.45) is 0 Å². The van der Waals surface area contributed by atoms with Crippen LogP contribution in [0.3, 0.4) is 0 Å². The Morgan fingerprint density at radius 2 is 1.43 bits per heavy atom. The van der Waals surface area contributed by atoms with E-state index >= 15 is 0 Å². The fourth-order valence-corrected chi connectivity index (χ4v) is 1.83. The Bertz CT molecular complexity index is 347. The molecule has 0 radical (unpaired) electrons. The van der Waals surface area contributed by atoms with Gasteiger partial charge in [-0.1, -0.05) is 6.92 Å². The van der Waals surface area contributed by atoms with Crippen molar-refractivity contribution in [2.45, 2.75) is 20.3 Å². The number of hydrogen-bond donors (Lipinski definition) is 3. The Labute approximate surface area is 84.3 Å². The lowest BCUT2D eigenvalue weighted by Gasteiger charge is -2.07. The molecule has 0 aliphatic heterocycles. The van der Waals surface area contributed by atoms with Gasteiger partial charge in [-0.05, 0) is 13.3 Å². The van der Waals surface area contributed by atoms with Gasteiger partial charge in [0, 0.05) is 0 Å². The van der Waals surface area contributed by atoms with Gasteiger partial charge >= 0.3 is 0 Å². The first-order valence-electron chi connectivity index (χ1n) is 4.07. The molecule has 0 aliphatic carbocycles. The van der Waals surface area contributed by atoms with Crippen molar-refractivity contribution in [3.05, 3.63) is 0 Å². The molecule has 0 atom stereocenters. The van der Waals surface area contributed by atoms with Crippen LogP contribution in [0.1, 0.15) is 20.3 Å². The van der Waals surface area contributed by atoms with E-state index in [1.165, 1.54) is 6.92 Å². The molecule has 0 unspecified atom stereocenters. The molecular weight excluding hydrogens is 230 g/mol. The lowest BCUT2D eigenvalue weighted by Crippen LogP contribution is -2.49. The van der Waals surface area contributed by atoms with Gasteiger partial charge in [-0.3, -0.25) is 0 Å². The first kappa shape index (κ1) is 13.8. The minimum atomic E-state index is -3.45. The van der Waals surface area contributed by atoms with Gasteiger partial charge in [-0.2, -0.15) is 5.53 Å². The second-order valence-corrected chi connectivity index (χ2v) is 6.40. The zero-order valence-corrected chi connectivity index (χ0v) is 9.70. The Hall–Kier alpha value is -0.220. The number of nitrogens with one attached hydrogen (secondary N) is 3. The molecule has 14 heavy (non-hydrogen) atoms. The predicted molar refractivity (Wildman–Crippen MR) is 52.9 cm³/mol. The van der Waals surface area contributed by atoms with Crippen molar-refractivity contribution >= 4 is 20.0 Å². The van der Waals surface area contributed by atoms with Crippen LogP contribution in [-0.2, 0) is 20.0 Å². The van der Waals surface area contributed by atoms with Crippen LogP contribution >= 0.6 is 0 Å². The van der Waals surface area contributed by atoms with Crippen LogP contribution < -0.4 is 15.2 Å². The smallest absolute Gasteiger partial charge is 0.211 e. The minimum Gasteiger partial charge on any atom is -0.211 e. The van der Waals surface area contributed by atoms with E-state index in [1.54, 1.807) is 6.92 Å². The van der Waals surface area contributed by atoms with Crippen LogP contribution in [-0.4, -0.2) is 28.3 Å². The predicted octanol–water partition coefficient (Wildman–Crippen LogP) is -1.33. The summed E-state index contributed by atoms with van der Waals surface area (Å²) < 4.78 is 43.7. The topological polar surface area (TPSA) is 104 Å². The first-order chi connectivity index (χ1) is 6.33. The van der Waals surface area contributed by atoms with E-state index in [4.69, 9.17) is 0 Å². The average Bonchev–Trinajstić information content (AvgIpc) is 2.03. The van der Waals surface area contributed by atoms with Gasteiger partial charge in [0.15, 0.2) is 0 Å². The van der Waals surface area contributed by atoms with Crippen molar-refractivity contribution < 1.29 is 16.8 Å². The highest BCUT2D eigenvalue weighted by Gasteiger charge is 2.09. The molecule has 7 nitrogen and oxygen atoms in total. The van der Waals surface area contributed by atoms with Crippen molar-refractivity contribution in [3.8, 4) is 0 Å². The second-order valence-electron chi connectivity index (χ2n) is 2.55. The van der Waals surface area contributed by atoms with E-state index < -0.39 is 20.0 Å². The summed E-state index contributed by atoms with van der Waals surface area (Å²) in [4.78, 5) is 3.74. The van der Waals surface area contributed by atoms with Crippen LogP contribution in [0, 0.1) is 0 Å². The lowest BCUT2D eigenvalue weighted by molar-refractivity contribution is 0.526. The van der Waals surface area contributed by atoms with Crippen LogP contribution in [0.25, 0.3) is 0 Å². The van der Waals surface area contributed by atoms with Gasteiger partial charge in [-0.25, -0.2) is 16.8 Å². The molecule has 0 aromatic rings. The standard InChI is InChI=1S/C5H15N3O4S2/c1-3-5-14(11,12)8-6-7-13(9,10)4-2/h6-8H,3-5H2,1-2H3. The maximum Gasteiger partial charge on any atom is 0.225 e. The first-order valence-corrected chi connectivity index (χ1v) is 7.37. The summed E-state index contributed by atoms with van der Waals surface area (Å²) in [5.41, 5.74) is 1.93. The summed E-state index contributed by atoms with van der Waals surface area (Å²) >= 11 is 0. The Morgan fingerprint density at radius 1 is 0.929 bits per heavy atom. The monoisotopic (exact) mass is 245 g/mol. The number of sulfonamides is 2. The zero-order valence-electron chi connectivity index (χ0n) is 8.07. The Kier molecular flexibility index (Phi) is 5.52. The summed E-state index contributed by atoms with van der Waals surface area (Å²) in [6, 6.07) is 0. The number of rotatable bonds is 7. The molecule has 0 aliphatic rings. The minimum absolute atomic E-state index is 0.0617. The van der Waals surface area contributed by atoms with E-state index in [-0.39, 0.29) is 11.5 Å². The SMILES string of the molecule is CCCS(=O)(=O)NNNS(=O)(=O)CC. The third-order valence-corrected chi connectivity index (χ3v) is 3.80. The van der Waals surface area contributed by atoms with E-state index in [0.717, 1.165) is 0 Å². The van der Waals surface area contributed by atoms with Gasteiger partial charge in [0.25, 0.3) is 0 Å². The number of hydrazine groups is 2. The van der Waals surface area contributed by atoms with Gasteiger partial charge in [0.05, 0.1) is 11.5 Å². The molecule has 0 saturated carbocycles. The van der Waals surface area contributed by atoms with E-state index in [1.807, 2.05) is 15.2 Å². The summed E-state index contributed by atoms with van der Waals surface area (Å²) in [7, 11) is -6.90. The van der Waals surface area contributed by atoms with Crippen LogP contribution in [0.15, 0.2) is 0 Å².